The summed E-state index contributed by atoms with van der Waals surface area (Å²) in [7, 11) is 0. The van der Waals surface area contributed by atoms with Crippen molar-refractivity contribution in [2.24, 2.45) is 0 Å². The van der Waals surface area contributed by atoms with Gasteiger partial charge in [-0.2, -0.15) is 31.2 Å². The molecule has 2 atom stereocenters. The summed E-state index contributed by atoms with van der Waals surface area (Å²) in [6.07, 6.45) is -15.8. The Hall–Kier alpha value is -3.67. The van der Waals surface area contributed by atoms with Crippen molar-refractivity contribution in [2.45, 2.75) is 96.6 Å². The fourth-order valence-corrected chi connectivity index (χ4v) is 3.67. The third kappa shape index (κ3) is 8.08. The predicted octanol–water partition coefficient (Wildman–Crippen LogP) is 6.15. The van der Waals surface area contributed by atoms with Crippen LogP contribution in [0.1, 0.15) is 72.8 Å². The van der Waals surface area contributed by atoms with Gasteiger partial charge in [-0.3, -0.25) is 0 Å². The average molecular weight is 643 g/mol. The lowest BCUT2D eigenvalue weighted by molar-refractivity contribution is -0.279. The summed E-state index contributed by atoms with van der Waals surface area (Å²) >= 11 is 0. The van der Waals surface area contributed by atoms with E-state index in [1.807, 2.05) is 0 Å². The van der Waals surface area contributed by atoms with Crippen LogP contribution in [0.15, 0.2) is 10.5 Å². The third-order valence-electron chi connectivity index (χ3n) is 5.71. The number of aliphatic hydroxyl groups is 1. The maximum absolute atomic E-state index is 14.4. The van der Waals surface area contributed by atoms with Crippen molar-refractivity contribution in [1.29, 1.82) is 0 Å². The van der Waals surface area contributed by atoms with Crippen LogP contribution in [0.5, 0.6) is 5.88 Å². The number of hydrogen-bond donors (Lipinski definition) is 1. The minimum Gasteiger partial charge on any atom is -0.474 e. The highest BCUT2D eigenvalue weighted by atomic mass is 19.4. The number of anilines is 1. The molecule has 246 valence electrons. The minimum absolute atomic E-state index is 0.0675. The van der Waals surface area contributed by atoms with E-state index in [2.05, 4.69) is 15.2 Å². The number of aromatic nitrogens is 3. The van der Waals surface area contributed by atoms with E-state index in [1.165, 1.54) is 48.5 Å². The van der Waals surface area contributed by atoms with Crippen molar-refractivity contribution in [3.8, 4) is 17.5 Å². The molecule has 1 N–H and O–H groups in total. The largest absolute Gasteiger partial charge is 0.474 e. The summed E-state index contributed by atoms with van der Waals surface area (Å²) in [6, 6.07) is 0.292. The molecular formula is C26H32F6N4O8. The SMILES string of the molecule is C[C@@H]1CCOCCC(O)(C(F)(F)F)c2nnc(o2)-c2nc(c(C(F)(F)F)cc2N(C(=O)OC(C)(C)C)C(=O)OC(C)(C)C)O1. The minimum atomic E-state index is -5.37. The maximum Gasteiger partial charge on any atom is 0.426 e. The second-order valence-electron chi connectivity index (χ2n) is 11.9. The number of ether oxygens (including phenoxy) is 4. The van der Waals surface area contributed by atoms with Crippen molar-refractivity contribution in [2.75, 3.05) is 18.1 Å². The molecule has 0 aromatic carbocycles. The lowest BCUT2D eigenvalue weighted by atomic mass is 9.99. The predicted molar refractivity (Wildman–Crippen MR) is 138 cm³/mol. The molecule has 4 bridgehead atoms. The van der Waals surface area contributed by atoms with Crippen molar-refractivity contribution in [3.63, 3.8) is 0 Å². The molecule has 1 aliphatic rings. The highest BCUT2D eigenvalue weighted by Gasteiger charge is 2.59. The van der Waals surface area contributed by atoms with Gasteiger partial charge in [0.15, 0.2) is 5.69 Å². The Morgan fingerprint density at radius 3 is 2.05 bits per heavy atom. The number of nitrogens with zero attached hydrogens (tertiary/aromatic N) is 4. The molecule has 2 aromatic rings. The van der Waals surface area contributed by atoms with Crippen molar-refractivity contribution in [1.82, 2.24) is 15.2 Å². The Labute approximate surface area is 247 Å². The molecule has 0 fully saturated rings. The first-order valence-corrected chi connectivity index (χ1v) is 13.2. The van der Waals surface area contributed by atoms with Gasteiger partial charge in [0, 0.05) is 12.8 Å². The smallest absolute Gasteiger partial charge is 0.426 e. The van der Waals surface area contributed by atoms with Crippen LogP contribution >= 0.6 is 0 Å². The quantitative estimate of drug-likeness (QED) is 0.357. The van der Waals surface area contributed by atoms with Crippen molar-refractivity contribution >= 4 is 17.9 Å². The molecule has 0 radical (unpaired) electrons. The van der Waals surface area contributed by atoms with E-state index in [0.717, 1.165) is 0 Å². The number of halogens is 6. The van der Waals surface area contributed by atoms with Crippen LogP contribution < -0.4 is 9.64 Å². The monoisotopic (exact) mass is 642 g/mol. The average Bonchev–Trinajstić information content (AvgIpc) is 3.30. The van der Waals surface area contributed by atoms with E-state index < -0.39 is 95.1 Å². The summed E-state index contributed by atoms with van der Waals surface area (Å²) in [5.74, 6) is -3.48. The number of pyridine rings is 1. The molecule has 3 rings (SSSR count). The van der Waals surface area contributed by atoms with Crippen LogP contribution in [0.2, 0.25) is 0 Å². The molecule has 0 saturated heterocycles. The molecule has 12 nitrogen and oxygen atoms in total. The van der Waals surface area contributed by atoms with Gasteiger partial charge in [0.2, 0.25) is 11.5 Å². The number of imide groups is 1. The van der Waals surface area contributed by atoms with Gasteiger partial charge in [-0.1, -0.05) is 0 Å². The summed E-state index contributed by atoms with van der Waals surface area (Å²) in [5, 5.41) is 17.4. The second kappa shape index (κ2) is 12.0. The first-order chi connectivity index (χ1) is 19.9. The number of amides is 2. The molecule has 18 heteroatoms. The van der Waals surface area contributed by atoms with E-state index in [0.29, 0.717) is 6.07 Å². The van der Waals surface area contributed by atoms with Gasteiger partial charge in [-0.25, -0.2) is 14.6 Å². The first kappa shape index (κ1) is 34.8. The molecule has 1 aliphatic heterocycles. The Balaban J connectivity index is 2.41. The van der Waals surface area contributed by atoms with Crippen LogP contribution in [0.3, 0.4) is 0 Å². The van der Waals surface area contributed by atoms with Crippen LogP contribution in [-0.2, 0) is 26.0 Å². The third-order valence-corrected chi connectivity index (χ3v) is 5.71. The standard InChI is InChI=1S/C26H32F6N4O8/c1-13-8-10-40-11-9-24(39,26(30,31)32)19-35-34-18(42-19)16-15(12-14(25(27,28)29)17(33-16)41-13)36(20(37)43-22(2,3)4)21(38)44-23(5,6)7/h12-13,39H,8-11H2,1-7H3/t13-,24?/m1/s1. The molecule has 3 heterocycles. The van der Waals surface area contributed by atoms with E-state index in [-0.39, 0.29) is 17.9 Å². The van der Waals surface area contributed by atoms with Crippen LogP contribution in [0, 0.1) is 0 Å². The van der Waals surface area contributed by atoms with Crippen LogP contribution in [-0.4, -0.2) is 69.2 Å². The number of hydrogen-bond acceptors (Lipinski definition) is 11. The number of fused-ring (bicyclic) bond motifs is 5. The summed E-state index contributed by atoms with van der Waals surface area (Å²) in [5.41, 5.74) is -9.76. The molecule has 0 saturated carbocycles. The van der Waals surface area contributed by atoms with Crippen LogP contribution in [0.25, 0.3) is 11.6 Å². The molecule has 2 aromatic heterocycles. The van der Waals surface area contributed by atoms with E-state index in [9.17, 15) is 41.0 Å². The number of alkyl halides is 6. The number of rotatable bonds is 1. The van der Waals surface area contributed by atoms with Crippen molar-refractivity contribution in [3.05, 3.63) is 17.5 Å². The lowest BCUT2D eigenvalue weighted by Gasteiger charge is -2.30. The highest BCUT2D eigenvalue weighted by molar-refractivity contribution is 6.11. The summed E-state index contributed by atoms with van der Waals surface area (Å²) in [6.45, 7) is 8.89. The Bertz CT molecular complexity index is 1340. The molecule has 44 heavy (non-hydrogen) atoms. The molecule has 0 spiro atoms. The Kier molecular flexibility index (Phi) is 9.51. The maximum atomic E-state index is 14.4. The number of carbonyl (C=O) groups is 2. The van der Waals surface area contributed by atoms with Gasteiger partial charge in [-0.05, 0) is 54.5 Å². The fraction of sp³-hybridized carbons (Fsp3) is 0.654. The molecule has 1 unspecified atom stereocenters. The zero-order valence-corrected chi connectivity index (χ0v) is 24.8. The van der Waals surface area contributed by atoms with Gasteiger partial charge >= 0.3 is 24.5 Å². The number of carbonyl (C=O) groups excluding carboxylic acids is 2. The Morgan fingerprint density at radius 2 is 1.55 bits per heavy atom. The normalized spacial score (nSPS) is 20.3. The van der Waals surface area contributed by atoms with Gasteiger partial charge in [0.25, 0.3) is 11.8 Å². The van der Waals surface area contributed by atoms with Gasteiger partial charge in [-0.15, -0.1) is 10.2 Å². The van der Waals surface area contributed by atoms with E-state index >= 15 is 0 Å². The van der Waals surface area contributed by atoms with Crippen LogP contribution in [0.4, 0.5) is 41.6 Å². The summed E-state index contributed by atoms with van der Waals surface area (Å²) in [4.78, 5) is 30.5. The van der Waals surface area contributed by atoms with Gasteiger partial charge < -0.3 is 28.5 Å². The molecular weight excluding hydrogens is 610 g/mol. The van der Waals surface area contributed by atoms with Gasteiger partial charge in [0.05, 0.1) is 25.0 Å². The zero-order chi connectivity index (χ0) is 33.5. The zero-order valence-electron chi connectivity index (χ0n) is 24.8. The topological polar surface area (TPSA) is 146 Å². The van der Waals surface area contributed by atoms with E-state index in [4.69, 9.17) is 23.4 Å². The van der Waals surface area contributed by atoms with Crippen molar-refractivity contribution < 1.29 is 64.4 Å². The molecule has 0 aliphatic carbocycles. The second-order valence-corrected chi connectivity index (χ2v) is 11.9. The van der Waals surface area contributed by atoms with E-state index in [1.54, 1.807) is 0 Å². The van der Waals surface area contributed by atoms with Gasteiger partial charge in [0.1, 0.15) is 16.8 Å². The molecule has 2 amide bonds. The highest BCUT2D eigenvalue weighted by Crippen LogP contribution is 2.45. The Morgan fingerprint density at radius 1 is 0.977 bits per heavy atom. The first-order valence-electron chi connectivity index (χ1n) is 13.2. The fourth-order valence-electron chi connectivity index (χ4n) is 3.67. The summed E-state index contributed by atoms with van der Waals surface area (Å²) < 4.78 is 111. The lowest BCUT2D eigenvalue weighted by Crippen LogP contribution is -2.44.